The Kier molecular flexibility index (Phi) is 12.6. The van der Waals surface area contributed by atoms with Gasteiger partial charge in [-0.3, -0.25) is 4.79 Å². The summed E-state index contributed by atoms with van der Waals surface area (Å²) < 4.78 is 12.0. The summed E-state index contributed by atoms with van der Waals surface area (Å²) in [6.45, 7) is 16.4. The van der Waals surface area contributed by atoms with Crippen molar-refractivity contribution in [3.8, 4) is 0 Å². The van der Waals surface area contributed by atoms with Crippen LogP contribution in [0.1, 0.15) is 85.0 Å². The number of benzene rings is 2. The first-order valence-corrected chi connectivity index (χ1v) is 16.0. The zero-order valence-corrected chi connectivity index (χ0v) is 28.4. The van der Waals surface area contributed by atoms with E-state index in [2.05, 4.69) is 63.9 Å². The van der Waals surface area contributed by atoms with E-state index in [1.165, 1.54) is 5.57 Å². The summed E-state index contributed by atoms with van der Waals surface area (Å²) >= 11 is 0. The van der Waals surface area contributed by atoms with Crippen molar-refractivity contribution in [3.05, 3.63) is 88.6 Å². The molecule has 1 aliphatic heterocycles. The third-order valence-electron chi connectivity index (χ3n) is 8.13. The normalized spacial score (nSPS) is 16.1. The highest BCUT2D eigenvalue weighted by molar-refractivity contribution is 6.08. The molecule has 0 N–H and O–H groups in total. The molecular weight excluding hydrogens is 550 g/mol. The van der Waals surface area contributed by atoms with E-state index in [9.17, 15) is 9.59 Å². The van der Waals surface area contributed by atoms with Crippen molar-refractivity contribution in [2.24, 2.45) is 5.92 Å². The number of amides is 2. The molecule has 0 saturated heterocycles. The highest BCUT2D eigenvalue weighted by Gasteiger charge is 2.30. The zero-order valence-electron chi connectivity index (χ0n) is 28.4. The molecule has 2 amide bonds. The van der Waals surface area contributed by atoms with Crippen LogP contribution < -0.4 is 4.90 Å². The molecule has 0 saturated carbocycles. The Labute approximate surface area is 265 Å². The number of ether oxygens (including phenoxy) is 2. The van der Waals surface area contributed by atoms with Gasteiger partial charge in [0.15, 0.2) is 0 Å². The quantitative estimate of drug-likeness (QED) is 0.245. The molecule has 0 aromatic heterocycles. The smallest absolute Gasteiger partial charge is 0.410 e. The fraction of sp³-hybridized carbons (Fsp3) is 0.514. The van der Waals surface area contributed by atoms with Crippen molar-refractivity contribution in [1.82, 2.24) is 9.80 Å². The predicted molar refractivity (Wildman–Crippen MR) is 179 cm³/mol. The maximum absolute atomic E-state index is 14.2. The standard InChI is InChI=1S/C37H53N3O4/c1-10-27(3)24-32-34(28(4)11-2)38(8)22-23-40(35(32)41)31-19-15-16-29(25-31)26-43-33(30-17-13-12-14-18-30)20-21-39(9)36(42)44-37(5,6)7/h12-19,24-25,28,33H,10-11,20-23,26H2,1-9H3/b27-24-. The lowest BCUT2D eigenvalue weighted by molar-refractivity contribution is -0.114. The van der Waals surface area contributed by atoms with Crippen molar-refractivity contribution in [2.75, 3.05) is 38.6 Å². The van der Waals surface area contributed by atoms with Crippen LogP contribution in [-0.4, -0.2) is 61.1 Å². The largest absolute Gasteiger partial charge is 0.444 e. The third kappa shape index (κ3) is 9.71. The molecule has 0 aliphatic carbocycles. The lowest BCUT2D eigenvalue weighted by Gasteiger charge is -2.26. The van der Waals surface area contributed by atoms with Crippen molar-refractivity contribution in [2.45, 2.75) is 86.0 Å². The minimum absolute atomic E-state index is 0.0443. The van der Waals surface area contributed by atoms with E-state index in [0.717, 1.165) is 47.5 Å². The van der Waals surface area contributed by atoms with Crippen LogP contribution in [0.2, 0.25) is 0 Å². The molecule has 240 valence electrons. The monoisotopic (exact) mass is 603 g/mol. The van der Waals surface area contributed by atoms with Gasteiger partial charge in [-0.2, -0.15) is 0 Å². The first-order valence-electron chi connectivity index (χ1n) is 16.0. The second-order valence-corrected chi connectivity index (χ2v) is 12.9. The van der Waals surface area contributed by atoms with Gasteiger partial charge in [0.25, 0.3) is 5.91 Å². The van der Waals surface area contributed by atoms with E-state index < -0.39 is 5.60 Å². The summed E-state index contributed by atoms with van der Waals surface area (Å²) in [7, 11) is 3.85. The number of likely N-dealkylation sites (N-methyl/N-ethyl adjacent to an activating group) is 1. The summed E-state index contributed by atoms with van der Waals surface area (Å²) in [5.41, 5.74) is 5.47. The molecule has 2 aromatic carbocycles. The molecule has 2 atom stereocenters. The lowest BCUT2D eigenvalue weighted by atomic mass is 9.96. The molecule has 3 rings (SSSR count). The molecule has 44 heavy (non-hydrogen) atoms. The summed E-state index contributed by atoms with van der Waals surface area (Å²) in [6, 6.07) is 18.2. The van der Waals surface area contributed by atoms with Gasteiger partial charge in [-0.05, 0) is 82.2 Å². The van der Waals surface area contributed by atoms with Crippen LogP contribution in [0.3, 0.4) is 0 Å². The van der Waals surface area contributed by atoms with Crippen molar-refractivity contribution < 1.29 is 19.1 Å². The van der Waals surface area contributed by atoms with Crippen LogP contribution >= 0.6 is 0 Å². The van der Waals surface area contributed by atoms with E-state index in [1.807, 2.05) is 62.1 Å². The number of hydrogen-bond acceptors (Lipinski definition) is 5. The minimum atomic E-state index is -0.548. The molecule has 2 aromatic rings. The summed E-state index contributed by atoms with van der Waals surface area (Å²) in [6.07, 6.45) is 4.01. The number of allylic oxidation sites excluding steroid dienone is 2. The van der Waals surface area contributed by atoms with Gasteiger partial charge in [-0.25, -0.2) is 4.79 Å². The van der Waals surface area contributed by atoms with Gasteiger partial charge in [0.2, 0.25) is 0 Å². The highest BCUT2D eigenvalue weighted by atomic mass is 16.6. The van der Waals surface area contributed by atoms with Crippen LogP contribution in [-0.2, 0) is 20.9 Å². The molecule has 7 heteroatoms. The van der Waals surface area contributed by atoms with Crippen LogP contribution in [0.5, 0.6) is 0 Å². The van der Waals surface area contributed by atoms with Crippen LogP contribution in [0.4, 0.5) is 10.5 Å². The molecule has 2 unspecified atom stereocenters. The Morgan fingerprint density at radius 2 is 1.77 bits per heavy atom. The molecule has 7 nitrogen and oxygen atoms in total. The zero-order chi connectivity index (χ0) is 32.4. The molecule has 1 heterocycles. The molecule has 0 fully saturated rings. The van der Waals surface area contributed by atoms with Crippen molar-refractivity contribution >= 4 is 17.7 Å². The molecule has 0 radical (unpaired) electrons. The van der Waals surface area contributed by atoms with Gasteiger partial charge in [0.1, 0.15) is 5.60 Å². The Morgan fingerprint density at radius 1 is 1.07 bits per heavy atom. The Balaban J connectivity index is 1.82. The first kappa shape index (κ1) is 34.9. The topological polar surface area (TPSA) is 62.3 Å². The molecule has 1 aliphatic rings. The second-order valence-electron chi connectivity index (χ2n) is 12.9. The fourth-order valence-corrected chi connectivity index (χ4v) is 5.27. The second kappa shape index (κ2) is 15.9. The van der Waals surface area contributed by atoms with Crippen molar-refractivity contribution in [3.63, 3.8) is 0 Å². The van der Waals surface area contributed by atoms with Gasteiger partial charge >= 0.3 is 6.09 Å². The first-order chi connectivity index (χ1) is 20.8. The average molecular weight is 604 g/mol. The van der Waals surface area contributed by atoms with E-state index in [0.29, 0.717) is 26.1 Å². The third-order valence-corrected chi connectivity index (χ3v) is 8.13. The van der Waals surface area contributed by atoms with Crippen LogP contribution in [0.15, 0.2) is 77.5 Å². The Morgan fingerprint density at radius 3 is 2.41 bits per heavy atom. The summed E-state index contributed by atoms with van der Waals surface area (Å²) in [5, 5.41) is 0. The Bertz CT molecular complexity index is 1310. The highest BCUT2D eigenvalue weighted by Crippen LogP contribution is 2.31. The molecule has 0 spiro atoms. The van der Waals surface area contributed by atoms with E-state index in [-0.39, 0.29) is 24.0 Å². The average Bonchev–Trinajstić information content (AvgIpc) is 3.11. The predicted octanol–water partition coefficient (Wildman–Crippen LogP) is 8.14. The van der Waals surface area contributed by atoms with Crippen LogP contribution in [0, 0.1) is 5.92 Å². The van der Waals surface area contributed by atoms with Crippen LogP contribution in [0.25, 0.3) is 0 Å². The maximum Gasteiger partial charge on any atom is 0.410 e. The number of hydrogen-bond donors (Lipinski definition) is 0. The van der Waals surface area contributed by atoms with Gasteiger partial charge in [0.05, 0.1) is 18.3 Å². The molecule has 0 bridgehead atoms. The Hall–Kier alpha value is -3.58. The maximum atomic E-state index is 14.2. The van der Waals surface area contributed by atoms with Gasteiger partial charge in [-0.15, -0.1) is 0 Å². The van der Waals surface area contributed by atoms with E-state index in [4.69, 9.17) is 9.47 Å². The SMILES string of the molecule is CC/C(C)=C\C1=C(C(C)CC)N(C)CCN(c2cccc(COC(CCN(C)C(=O)OC(C)(C)C)c3ccccc3)c2)C1=O. The lowest BCUT2D eigenvalue weighted by Crippen LogP contribution is -2.35. The van der Waals surface area contributed by atoms with Crippen molar-refractivity contribution in [1.29, 1.82) is 0 Å². The van der Waals surface area contributed by atoms with Gasteiger partial charge < -0.3 is 24.2 Å². The minimum Gasteiger partial charge on any atom is -0.444 e. The number of carbonyl (C=O) groups is 2. The van der Waals surface area contributed by atoms with Gasteiger partial charge in [-0.1, -0.05) is 68.8 Å². The number of carbonyl (C=O) groups excluding carboxylic acids is 2. The number of anilines is 1. The summed E-state index contributed by atoms with van der Waals surface area (Å²) in [5.74, 6) is 0.326. The number of rotatable bonds is 12. The van der Waals surface area contributed by atoms with Gasteiger partial charge in [0, 0.05) is 45.1 Å². The fourth-order valence-electron chi connectivity index (χ4n) is 5.27. The number of nitrogens with zero attached hydrogens (tertiary/aromatic N) is 3. The summed E-state index contributed by atoms with van der Waals surface area (Å²) in [4.78, 5) is 32.5. The van der Waals surface area contributed by atoms with E-state index in [1.54, 1.807) is 11.9 Å². The molecular formula is C37H53N3O4. The van der Waals surface area contributed by atoms with E-state index >= 15 is 0 Å².